The number of hydrazone groups is 1. The molecule has 0 aliphatic rings. The molecule has 2 amide bonds. The molecule has 0 radical (unpaired) electrons. The van der Waals surface area contributed by atoms with Gasteiger partial charge in [-0.1, -0.05) is 6.07 Å². The number of hydrogen-bond donors (Lipinski definition) is 2. The molecule has 0 unspecified atom stereocenters. The lowest BCUT2D eigenvalue weighted by Gasteiger charge is -2.09. The fourth-order valence-corrected chi connectivity index (χ4v) is 2.08. The van der Waals surface area contributed by atoms with Crippen molar-refractivity contribution in [1.82, 2.24) is 10.4 Å². The van der Waals surface area contributed by atoms with Crippen LogP contribution in [0, 0.1) is 0 Å². The van der Waals surface area contributed by atoms with Crippen LogP contribution in [0.2, 0.25) is 0 Å². The topological polar surface area (TPSA) is 102 Å². The van der Waals surface area contributed by atoms with E-state index in [9.17, 15) is 9.59 Å². The normalized spacial score (nSPS) is 10.8. The second kappa shape index (κ2) is 9.16. The minimum atomic E-state index is -0.421. The number of nitrogens with zero attached hydrogens (tertiary/aromatic N) is 2. The Morgan fingerprint density at radius 1 is 1.12 bits per heavy atom. The molecule has 0 bridgehead atoms. The number of pyridine rings is 1. The van der Waals surface area contributed by atoms with Crippen LogP contribution in [0.1, 0.15) is 23.7 Å². The number of rotatable bonds is 7. The highest BCUT2D eigenvalue weighted by Gasteiger charge is 2.11. The monoisotopic (exact) mass is 356 g/mol. The smallest absolute Gasteiger partial charge is 0.271 e. The molecule has 0 fully saturated rings. The molecule has 1 aromatic heterocycles. The van der Waals surface area contributed by atoms with Crippen LogP contribution < -0.4 is 20.2 Å². The molecule has 26 heavy (non-hydrogen) atoms. The average molecular weight is 356 g/mol. The van der Waals surface area contributed by atoms with Gasteiger partial charge in [-0.3, -0.25) is 9.59 Å². The summed E-state index contributed by atoms with van der Waals surface area (Å²) in [5.74, 6) is 0.728. The number of aromatic nitrogens is 1. The molecule has 2 rings (SSSR count). The van der Waals surface area contributed by atoms with Gasteiger partial charge in [-0.15, -0.1) is 0 Å². The number of carbonyl (C=O) groups excluding carboxylic acids is 2. The molecular formula is C18H20N4O4. The highest BCUT2D eigenvalue weighted by atomic mass is 16.5. The second-order valence-electron chi connectivity index (χ2n) is 5.30. The lowest BCUT2D eigenvalue weighted by atomic mass is 10.2. The van der Waals surface area contributed by atoms with Gasteiger partial charge >= 0.3 is 0 Å². The predicted octanol–water partition coefficient (Wildman–Crippen LogP) is 2.23. The molecule has 2 aromatic rings. The van der Waals surface area contributed by atoms with Crippen LogP contribution in [0.3, 0.4) is 0 Å². The number of nitrogens with one attached hydrogen (secondary N) is 2. The number of methoxy groups -OCH3 is 2. The Labute approximate surface area is 151 Å². The maximum atomic E-state index is 12.2. The summed E-state index contributed by atoms with van der Waals surface area (Å²) < 4.78 is 10.3. The number of benzene rings is 1. The van der Waals surface area contributed by atoms with E-state index in [1.807, 2.05) is 0 Å². The lowest BCUT2D eigenvalue weighted by Crippen LogP contribution is -2.21. The number of amides is 2. The molecule has 8 nitrogen and oxygen atoms in total. The minimum Gasteiger partial charge on any atom is -0.493 e. The van der Waals surface area contributed by atoms with Crippen molar-refractivity contribution in [3.63, 3.8) is 0 Å². The van der Waals surface area contributed by atoms with E-state index in [-0.39, 0.29) is 12.3 Å². The van der Waals surface area contributed by atoms with Gasteiger partial charge in [-0.2, -0.15) is 5.10 Å². The molecule has 0 aliphatic carbocycles. The SMILES string of the molecule is COc1ccc(C(=O)N/N=C(/C)CC(=O)Nc2ccccn2)cc1OC. The Hall–Kier alpha value is -3.42. The first-order chi connectivity index (χ1) is 12.5. The van der Waals surface area contributed by atoms with Gasteiger partial charge in [-0.05, 0) is 37.3 Å². The maximum absolute atomic E-state index is 12.2. The van der Waals surface area contributed by atoms with Crippen molar-refractivity contribution in [3.8, 4) is 11.5 Å². The van der Waals surface area contributed by atoms with Gasteiger partial charge in [0.1, 0.15) is 5.82 Å². The Morgan fingerprint density at radius 3 is 2.54 bits per heavy atom. The summed E-state index contributed by atoms with van der Waals surface area (Å²) in [5.41, 5.74) is 3.22. The third-order valence-electron chi connectivity index (χ3n) is 3.34. The Kier molecular flexibility index (Phi) is 6.67. The number of carbonyl (C=O) groups is 2. The summed E-state index contributed by atoms with van der Waals surface area (Å²) >= 11 is 0. The van der Waals surface area contributed by atoms with E-state index in [0.29, 0.717) is 28.6 Å². The van der Waals surface area contributed by atoms with Crippen molar-refractivity contribution < 1.29 is 19.1 Å². The van der Waals surface area contributed by atoms with E-state index in [4.69, 9.17) is 9.47 Å². The maximum Gasteiger partial charge on any atom is 0.271 e. The first-order valence-electron chi connectivity index (χ1n) is 7.80. The fourth-order valence-electron chi connectivity index (χ4n) is 2.08. The zero-order chi connectivity index (χ0) is 18.9. The van der Waals surface area contributed by atoms with E-state index < -0.39 is 5.91 Å². The molecular weight excluding hydrogens is 336 g/mol. The van der Waals surface area contributed by atoms with Crippen LogP contribution in [0.15, 0.2) is 47.7 Å². The molecule has 8 heteroatoms. The minimum absolute atomic E-state index is 0.0305. The molecule has 1 heterocycles. The molecule has 0 aliphatic heterocycles. The predicted molar refractivity (Wildman–Crippen MR) is 97.6 cm³/mol. The van der Waals surface area contributed by atoms with Gasteiger partial charge < -0.3 is 14.8 Å². The van der Waals surface area contributed by atoms with Crippen molar-refractivity contribution in [1.29, 1.82) is 0 Å². The molecule has 2 N–H and O–H groups in total. The van der Waals surface area contributed by atoms with E-state index >= 15 is 0 Å². The zero-order valence-corrected chi connectivity index (χ0v) is 14.8. The highest BCUT2D eigenvalue weighted by molar-refractivity contribution is 6.05. The van der Waals surface area contributed by atoms with Crippen molar-refractivity contribution in [2.24, 2.45) is 5.10 Å². The van der Waals surface area contributed by atoms with Crippen LogP contribution in [-0.2, 0) is 4.79 Å². The van der Waals surface area contributed by atoms with Gasteiger partial charge in [0, 0.05) is 17.5 Å². The van der Waals surface area contributed by atoms with Crippen LogP contribution in [0.5, 0.6) is 11.5 Å². The summed E-state index contributed by atoms with van der Waals surface area (Å²) in [6, 6.07) is 9.98. The van der Waals surface area contributed by atoms with E-state index in [1.54, 1.807) is 49.5 Å². The first kappa shape index (κ1) is 18.9. The van der Waals surface area contributed by atoms with Gasteiger partial charge in [0.05, 0.1) is 20.6 Å². The molecule has 0 saturated heterocycles. The standard InChI is InChI=1S/C18H20N4O4/c1-12(10-17(23)20-16-6-4-5-9-19-16)21-22-18(24)13-7-8-14(25-2)15(11-13)26-3/h4-9,11H,10H2,1-3H3,(H,22,24)(H,19,20,23)/b21-12-. The highest BCUT2D eigenvalue weighted by Crippen LogP contribution is 2.27. The van der Waals surface area contributed by atoms with Gasteiger partial charge in [-0.25, -0.2) is 10.4 Å². The summed E-state index contributed by atoms with van der Waals surface area (Å²) in [6.45, 7) is 1.65. The van der Waals surface area contributed by atoms with Gasteiger partial charge in [0.15, 0.2) is 11.5 Å². The second-order valence-corrected chi connectivity index (χ2v) is 5.30. The van der Waals surface area contributed by atoms with E-state index in [0.717, 1.165) is 0 Å². The van der Waals surface area contributed by atoms with E-state index in [2.05, 4.69) is 20.8 Å². The third kappa shape index (κ3) is 5.30. The first-order valence-corrected chi connectivity index (χ1v) is 7.80. The third-order valence-corrected chi connectivity index (χ3v) is 3.34. The molecule has 1 aromatic carbocycles. The Morgan fingerprint density at radius 2 is 1.88 bits per heavy atom. The van der Waals surface area contributed by atoms with Crippen LogP contribution in [0.25, 0.3) is 0 Å². The molecule has 136 valence electrons. The van der Waals surface area contributed by atoms with Gasteiger partial charge in [0.2, 0.25) is 5.91 Å². The van der Waals surface area contributed by atoms with Crippen molar-refractivity contribution in [3.05, 3.63) is 48.2 Å². The van der Waals surface area contributed by atoms with Crippen molar-refractivity contribution >= 4 is 23.3 Å². The Bertz CT molecular complexity index is 806. The van der Waals surface area contributed by atoms with Gasteiger partial charge in [0.25, 0.3) is 5.91 Å². The van der Waals surface area contributed by atoms with Crippen molar-refractivity contribution in [2.75, 3.05) is 19.5 Å². The quantitative estimate of drug-likeness (QED) is 0.585. The molecule has 0 spiro atoms. The summed E-state index contributed by atoms with van der Waals surface area (Å²) in [5, 5.41) is 6.59. The summed E-state index contributed by atoms with van der Waals surface area (Å²) in [7, 11) is 3.00. The summed E-state index contributed by atoms with van der Waals surface area (Å²) in [4.78, 5) is 28.1. The van der Waals surface area contributed by atoms with E-state index in [1.165, 1.54) is 14.2 Å². The van der Waals surface area contributed by atoms with Crippen LogP contribution in [0.4, 0.5) is 5.82 Å². The molecule has 0 saturated carbocycles. The Balaban J connectivity index is 1.93. The van der Waals surface area contributed by atoms with Crippen LogP contribution in [-0.4, -0.2) is 36.7 Å². The fraction of sp³-hybridized carbons (Fsp3) is 0.222. The number of anilines is 1. The van der Waals surface area contributed by atoms with Crippen LogP contribution >= 0.6 is 0 Å². The van der Waals surface area contributed by atoms with Crippen molar-refractivity contribution in [2.45, 2.75) is 13.3 Å². The zero-order valence-electron chi connectivity index (χ0n) is 14.8. The average Bonchev–Trinajstić information content (AvgIpc) is 2.66. The molecule has 0 atom stereocenters. The largest absolute Gasteiger partial charge is 0.493 e. The number of hydrogen-bond acceptors (Lipinski definition) is 6. The number of ether oxygens (including phenoxy) is 2. The summed E-state index contributed by atoms with van der Waals surface area (Å²) in [6.07, 6.45) is 1.61. The lowest BCUT2D eigenvalue weighted by molar-refractivity contribution is -0.115.